The number of rotatable bonds is 8. The second-order valence-electron chi connectivity index (χ2n) is 9.39. The van der Waals surface area contributed by atoms with Crippen LogP contribution in [0.3, 0.4) is 0 Å². The molecular weight excluding hydrogens is 494 g/mol. The van der Waals surface area contributed by atoms with Crippen molar-refractivity contribution in [1.29, 1.82) is 0 Å². The Hall–Kier alpha value is -4.17. The lowest BCUT2D eigenvalue weighted by atomic mass is 10.0. The molecule has 3 heterocycles. The van der Waals surface area contributed by atoms with Crippen LogP contribution in [0.1, 0.15) is 41.0 Å². The summed E-state index contributed by atoms with van der Waals surface area (Å²) in [6.45, 7) is 4.68. The summed E-state index contributed by atoms with van der Waals surface area (Å²) in [5.74, 6) is 0.514. The molecule has 38 heavy (non-hydrogen) atoms. The van der Waals surface area contributed by atoms with Gasteiger partial charge in [0.05, 0.1) is 30.6 Å². The van der Waals surface area contributed by atoms with Crippen LogP contribution in [0, 0.1) is 13.8 Å². The molecule has 8 heteroatoms. The van der Waals surface area contributed by atoms with Gasteiger partial charge >= 0.3 is 0 Å². The van der Waals surface area contributed by atoms with Gasteiger partial charge in [0.1, 0.15) is 5.75 Å². The van der Waals surface area contributed by atoms with Crippen molar-refractivity contribution < 1.29 is 9.53 Å². The summed E-state index contributed by atoms with van der Waals surface area (Å²) < 4.78 is 7.57. The average molecular weight is 526 g/mol. The van der Waals surface area contributed by atoms with E-state index in [-0.39, 0.29) is 24.4 Å². The highest BCUT2D eigenvalue weighted by Gasteiger charge is 2.41. The number of benzene rings is 2. The van der Waals surface area contributed by atoms with Crippen LogP contribution in [0.5, 0.6) is 5.75 Å². The SMILES string of the molecule is COc1ccccc1NC(=O)CCN1C(=S)N[C@@H](c2ccccn2)[C@@H]1c1cccn1-c1ccc(C)c(C)c1. The van der Waals surface area contributed by atoms with Gasteiger partial charge in [0.2, 0.25) is 5.91 Å². The normalized spacial score (nSPS) is 16.8. The number of anilines is 1. The van der Waals surface area contributed by atoms with E-state index < -0.39 is 0 Å². The van der Waals surface area contributed by atoms with Crippen LogP contribution in [0.25, 0.3) is 5.69 Å². The van der Waals surface area contributed by atoms with Crippen LogP contribution in [-0.2, 0) is 4.79 Å². The Labute approximate surface area is 228 Å². The zero-order valence-corrected chi connectivity index (χ0v) is 22.5. The van der Waals surface area contributed by atoms with Crippen molar-refractivity contribution in [3.63, 3.8) is 0 Å². The first-order chi connectivity index (χ1) is 18.5. The molecule has 4 aromatic rings. The Morgan fingerprint density at radius 3 is 2.63 bits per heavy atom. The molecular formula is C30H31N5O2S. The monoisotopic (exact) mass is 525 g/mol. The van der Waals surface area contributed by atoms with Crippen molar-refractivity contribution in [2.24, 2.45) is 0 Å². The predicted molar refractivity (Wildman–Crippen MR) is 154 cm³/mol. The number of methoxy groups -OCH3 is 1. The number of para-hydroxylation sites is 2. The quantitative estimate of drug-likeness (QED) is 0.296. The summed E-state index contributed by atoms with van der Waals surface area (Å²) in [7, 11) is 1.59. The topological polar surface area (TPSA) is 71.4 Å². The molecule has 0 unspecified atom stereocenters. The minimum Gasteiger partial charge on any atom is -0.495 e. The van der Waals surface area contributed by atoms with E-state index in [0.29, 0.717) is 23.1 Å². The number of carbonyl (C=O) groups is 1. The molecule has 0 saturated carbocycles. The van der Waals surface area contributed by atoms with E-state index in [1.807, 2.05) is 48.5 Å². The number of hydrogen-bond donors (Lipinski definition) is 2. The molecule has 1 aliphatic heterocycles. The summed E-state index contributed by atoms with van der Waals surface area (Å²) in [6.07, 6.45) is 4.13. The zero-order chi connectivity index (χ0) is 26.6. The van der Waals surface area contributed by atoms with Gasteiger partial charge in [-0.3, -0.25) is 9.78 Å². The van der Waals surface area contributed by atoms with Crippen molar-refractivity contribution in [2.45, 2.75) is 32.4 Å². The van der Waals surface area contributed by atoms with Crippen molar-refractivity contribution in [3.05, 3.63) is 108 Å². The number of nitrogens with one attached hydrogen (secondary N) is 2. The average Bonchev–Trinajstić information content (AvgIpc) is 3.54. The fourth-order valence-corrected chi connectivity index (χ4v) is 5.23. The van der Waals surface area contributed by atoms with Crippen molar-refractivity contribution in [1.82, 2.24) is 19.8 Å². The predicted octanol–water partition coefficient (Wildman–Crippen LogP) is 5.50. The summed E-state index contributed by atoms with van der Waals surface area (Å²) in [5, 5.41) is 7.05. The smallest absolute Gasteiger partial charge is 0.226 e. The molecule has 0 spiro atoms. The highest BCUT2D eigenvalue weighted by Crippen LogP contribution is 2.39. The summed E-state index contributed by atoms with van der Waals surface area (Å²) in [6, 6.07) is 23.6. The Morgan fingerprint density at radius 1 is 1.05 bits per heavy atom. The van der Waals surface area contributed by atoms with Gasteiger partial charge in [-0.2, -0.15) is 0 Å². The summed E-state index contributed by atoms with van der Waals surface area (Å²) >= 11 is 5.81. The minimum absolute atomic E-state index is 0.109. The van der Waals surface area contributed by atoms with E-state index in [2.05, 4.69) is 69.4 Å². The number of ether oxygens (including phenoxy) is 1. The van der Waals surface area contributed by atoms with E-state index in [1.54, 1.807) is 13.3 Å². The van der Waals surface area contributed by atoms with E-state index in [1.165, 1.54) is 11.1 Å². The minimum atomic E-state index is -0.166. The first-order valence-electron chi connectivity index (χ1n) is 12.6. The molecule has 0 bridgehead atoms. The number of nitrogens with zero attached hydrogens (tertiary/aromatic N) is 3. The van der Waals surface area contributed by atoms with Gasteiger partial charge < -0.3 is 24.8 Å². The number of carbonyl (C=O) groups excluding carboxylic acids is 1. The third-order valence-electron chi connectivity index (χ3n) is 7.01. The first-order valence-corrected chi connectivity index (χ1v) is 13.0. The molecule has 0 radical (unpaired) electrons. The van der Waals surface area contributed by atoms with Crippen LogP contribution in [0.4, 0.5) is 5.69 Å². The standard InChI is InChI=1S/C30H31N5O2S/c1-20-13-14-22(19-21(20)2)34-17-8-11-25(34)29-28(24-10-6-7-16-31-24)33-30(38)35(29)18-15-27(36)32-23-9-4-5-12-26(23)37-3/h4-14,16-17,19,28-29H,15,18H2,1-3H3,(H,32,36)(H,33,38)/t28-,29-/m0/s1. The number of hydrogen-bond acceptors (Lipinski definition) is 4. The number of aryl methyl sites for hydroxylation is 2. The van der Waals surface area contributed by atoms with Gasteiger partial charge in [-0.05, 0) is 85.7 Å². The maximum Gasteiger partial charge on any atom is 0.226 e. The van der Waals surface area contributed by atoms with Crippen LogP contribution in [-0.4, -0.2) is 39.1 Å². The van der Waals surface area contributed by atoms with Gasteiger partial charge in [0, 0.05) is 36.7 Å². The molecule has 1 aliphatic rings. The Balaban J connectivity index is 1.45. The van der Waals surface area contributed by atoms with E-state index >= 15 is 0 Å². The molecule has 2 N–H and O–H groups in total. The fourth-order valence-electron chi connectivity index (χ4n) is 4.90. The number of amides is 1. The lowest BCUT2D eigenvalue weighted by Crippen LogP contribution is -2.33. The summed E-state index contributed by atoms with van der Waals surface area (Å²) in [5.41, 5.74) is 6.18. The van der Waals surface area contributed by atoms with Gasteiger partial charge in [-0.1, -0.05) is 24.3 Å². The molecule has 194 valence electrons. The van der Waals surface area contributed by atoms with E-state index in [0.717, 1.165) is 17.1 Å². The molecule has 1 amide bonds. The second kappa shape index (κ2) is 11.1. The second-order valence-corrected chi connectivity index (χ2v) is 9.78. The van der Waals surface area contributed by atoms with Crippen LogP contribution < -0.4 is 15.4 Å². The fraction of sp³-hybridized carbons (Fsp3) is 0.233. The molecule has 2 atom stereocenters. The molecule has 1 saturated heterocycles. The lowest BCUT2D eigenvalue weighted by molar-refractivity contribution is -0.116. The number of pyridine rings is 1. The van der Waals surface area contributed by atoms with Gasteiger partial charge in [0.25, 0.3) is 0 Å². The number of aromatic nitrogens is 2. The maximum atomic E-state index is 13.0. The highest BCUT2D eigenvalue weighted by molar-refractivity contribution is 7.80. The molecule has 2 aromatic carbocycles. The van der Waals surface area contributed by atoms with Crippen LogP contribution in [0.15, 0.2) is 85.2 Å². The highest BCUT2D eigenvalue weighted by atomic mass is 32.1. The molecule has 7 nitrogen and oxygen atoms in total. The Bertz CT molecular complexity index is 1450. The van der Waals surface area contributed by atoms with Crippen LogP contribution >= 0.6 is 12.2 Å². The maximum absolute atomic E-state index is 13.0. The van der Waals surface area contributed by atoms with Gasteiger partial charge in [0.15, 0.2) is 5.11 Å². The van der Waals surface area contributed by atoms with Crippen LogP contribution in [0.2, 0.25) is 0 Å². The van der Waals surface area contributed by atoms with Gasteiger partial charge in [-0.25, -0.2) is 0 Å². The van der Waals surface area contributed by atoms with E-state index in [4.69, 9.17) is 17.0 Å². The largest absolute Gasteiger partial charge is 0.495 e. The first kappa shape index (κ1) is 25.5. The molecule has 2 aromatic heterocycles. The molecule has 0 aliphatic carbocycles. The third-order valence-corrected chi connectivity index (χ3v) is 7.36. The Morgan fingerprint density at radius 2 is 1.87 bits per heavy atom. The van der Waals surface area contributed by atoms with Crippen molar-refractivity contribution in [3.8, 4) is 11.4 Å². The molecule has 1 fully saturated rings. The van der Waals surface area contributed by atoms with Gasteiger partial charge in [-0.15, -0.1) is 0 Å². The zero-order valence-electron chi connectivity index (χ0n) is 21.7. The lowest BCUT2D eigenvalue weighted by Gasteiger charge is -2.29. The van der Waals surface area contributed by atoms with Crippen molar-refractivity contribution in [2.75, 3.05) is 19.0 Å². The summed E-state index contributed by atoms with van der Waals surface area (Å²) in [4.78, 5) is 19.7. The van der Waals surface area contributed by atoms with Crippen molar-refractivity contribution >= 4 is 28.9 Å². The third kappa shape index (κ3) is 5.13. The Kier molecular flexibility index (Phi) is 7.42. The molecule has 5 rings (SSSR count). The number of thiocarbonyl (C=S) groups is 1. The van der Waals surface area contributed by atoms with E-state index in [9.17, 15) is 4.79 Å².